The van der Waals surface area contributed by atoms with Crippen LogP contribution in [0.3, 0.4) is 0 Å². The van der Waals surface area contributed by atoms with Crippen LogP contribution in [0.25, 0.3) is 0 Å². The van der Waals surface area contributed by atoms with Gasteiger partial charge in [0, 0.05) is 0 Å². The largest absolute Gasteiger partial charge is 0.387 e. The molecular weight excluding hydrogens is 937 g/mol. The Hall–Kier alpha value is -4.73. The first-order valence-corrected chi connectivity index (χ1v) is 27.3. The minimum Gasteiger partial charge on any atom is -0.387 e. The maximum absolute atomic E-state index is 12.5. The van der Waals surface area contributed by atoms with E-state index in [2.05, 4.69) is 6.92 Å². The summed E-state index contributed by atoms with van der Waals surface area (Å²) in [6.45, 7) is 4.24. The molecule has 6 aromatic carbocycles. The minimum absolute atomic E-state index is 0.0414. The van der Waals surface area contributed by atoms with Gasteiger partial charge in [-0.1, -0.05) is 221 Å². The van der Waals surface area contributed by atoms with E-state index < -0.39 is 60.6 Å². The van der Waals surface area contributed by atoms with Crippen molar-refractivity contribution in [2.24, 2.45) is 0 Å². The molecule has 2 fully saturated rings. The van der Waals surface area contributed by atoms with Crippen molar-refractivity contribution in [1.82, 2.24) is 0 Å². The molecule has 10 atom stereocenters. The zero-order valence-corrected chi connectivity index (χ0v) is 43.0. The molecule has 2 saturated heterocycles. The average molecular weight is 1010 g/mol. The molecule has 8 rings (SSSR count). The predicted octanol–water partition coefficient (Wildman–Crippen LogP) is 12.1. The van der Waals surface area contributed by atoms with Crippen molar-refractivity contribution in [2.75, 3.05) is 19.0 Å². The van der Waals surface area contributed by atoms with Crippen molar-refractivity contribution < 1.29 is 47.7 Å². The fourth-order valence-electron chi connectivity index (χ4n) is 9.22. The van der Waals surface area contributed by atoms with Crippen LogP contribution in [-0.2, 0) is 82.3 Å². The Labute approximate surface area is 437 Å². The van der Waals surface area contributed by atoms with Gasteiger partial charge in [0.15, 0.2) is 6.29 Å². The number of benzene rings is 6. The lowest BCUT2D eigenvalue weighted by Crippen LogP contribution is -2.63. The number of unbranched alkanes of at least 4 members (excludes halogenated alkanes) is 5. The number of aliphatic hydroxyl groups excluding tert-OH is 1. The number of rotatable bonds is 30. The van der Waals surface area contributed by atoms with Crippen LogP contribution in [-0.4, -0.2) is 84.6 Å². The SMILES string of the molecule is CCCCCCCCS[C@H]1O[C@H](COC2O[C@H](COCc3ccccc3)[C@@H](OCc3ccccc3)[C@H](OCc3ccccc3)[C@H]2OCc2ccccc2)[C@@H](O)[C@H](OCc2ccccc2)[C@H]1OCc1ccccc1. The van der Waals surface area contributed by atoms with Gasteiger partial charge in [-0.2, -0.15) is 0 Å². The summed E-state index contributed by atoms with van der Waals surface area (Å²) in [5.41, 5.74) is 5.58. The Morgan fingerprint density at radius 3 is 1.26 bits per heavy atom. The van der Waals surface area contributed by atoms with E-state index in [0.29, 0.717) is 26.4 Å². The maximum Gasteiger partial charge on any atom is 0.187 e. The molecule has 0 aliphatic carbocycles. The van der Waals surface area contributed by atoms with Gasteiger partial charge >= 0.3 is 0 Å². The van der Waals surface area contributed by atoms with E-state index in [1.807, 2.05) is 182 Å². The van der Waals surface area contributed by atoms with Crippen molar-refractivity contribution in [3.63, 3.8) is 0 Å². The van der Waals surface area contributed by atoms with Gasteiger partial charge in [0.05, 0.1) is 52.9 Å². The summed E-state index contributed by atoms with van der Waals surface area (Å²) in [5, 5.41) is 12.5. The first kappa shape index (κ1) is 54.5. The van der Waals surface area contributed by atoms with Crippen molar-refractivity contribution in [3.8, 4) is 0 Å². The number of ether oxygens (including phenoxy) is 9. The van der Waals surface area contributed by atoms with E-state index in [1.165, 1.54) is 25.7 Å². The third-order valence-corrected chi connectivity index (χ3v) is 14.5. The summed E-state index contributed by atoms with van der Waals surface area (Å²) < 4.78 is 61.8. The molecule has 73 heavy (non-hydrogen) atoms. The van der Waals surface area contributed by atoms with Gasteiger partial charge in [0.1, 0.15) is 54.3 Å². The van der Waals surface area contributed by atoms with Crippen molar-refractivity contribution >= 4 is 11.8 Å². The molecule has 0 amide bonds. The zero-order valence-electron chi connectivity index (χ0n) is 42.2. The molecule has 2 heterocycles. The van der Waals surface area contributed by atoms with Gasteiger partial charge in [-0.05, 0) is 45.6 Å². The predicted molar refractivity (Wildman–Crippen MR) is 286 cm³/mol. The van der Waals surface area contributed by atoms with Crippen molar-refractivity contribution in [3.05, 3.63) is 215 Å². The molecule has 6 aromatic rings. The lowest BCUT2D eigenvalue weighted by atomic mass is 9.97. The Kier molecular flexibility index (Phi) is 22.9. The van der Waals surface area contributed by atoms with E-state index in [0.717, 1.165) is 52.0 Å². The van der Waals surface area contributed by atoms with E-state index in [4.69, 9.17) is 42.6 Å². The molecule has 1 unspecified atom stereocenters. The third kappa shape index (κ3) is 17.4. The van der Waals surface area contributed by atoms with E-state index >= 15 is 0 Å². The van der Waals surface area contributed by atoms with Crippen LogP contribution in [0, 0.1) is 0 Å². The molecule has 0 saturated carbocycles. The molecule has 0 aromatic heterocycles. The van der Waals surface area contributed by atoms with Crippen LogP contribution in [0.4, 0.5) is 0 Å². The van der Waals surface area contributed by atoms with Crippen LogP contribution in [0.5, 0.6) is 0 Å². The molecule has 2 aliphatic heterocycles. The molecule has 388 valence electrons. The summed E-state index contributed by atoms with van der Waals surface area (Å²) in [5.74, 6) is 0.869. The monoisotopic (exact) mass is 1010 g/mol. The lowest BCUT2D eigenvalue weighted by Gasteiger charge is -2.47. The second kappa shape index (κ2) is 30.6. The van der Waals surface area contributed by atoms with Gasteiger partial charge in [-0.3, -0.25) is 0 Å². The molecule has 0 bridgehead atoms. The number of thioether (sulfide) groups is 1. The fraction of sp³-hybridized carbons (Fsp3) is 0.419. The first-order chi connectivity index (χ1) is 36.1. The average Bonchev–Trinajstić information content (AvgIpc) is 3.44. The van der Waals surface area contributed by atoms with Crippen LogP contribution in [0.15, 0.2) is 182 Å². The summed E-state index contributed by atoms with van der Waals surface area (Å²) in [6, 6.07) is 60.4. The van der Waals surface area contributed by atoms with E-state index in [9.17, 15) is 5.11 Å². The molecule has 2 aliphatic rings. The van der Waals surface area contributed by atoms with Gasteiger partial charge in [0.2, 0.25) is 0 Å². The van der Waals surface area contributed by atoms with E-state index in [1.54, 1.807) is 11.8 Å². The third-order valence-electron chi connectivity index (χ3n) is 13.2. The molecule has 0 radical (unpaired) electrons. The highest BCUT2D eigenvalue weighted by atomic mass is 32.2. The molecule has 10 nitrogen and oxygen atoms in total. The van der Waals surface area contributed by atoms with Gasteiger partial charge in [-0.25, -0.2) is 0 Å². The molecule has 0 spiro atoms. The highest BCUT2D eigenvalue weighted by molar-refractivity contribution is 7.99. The molecule has 1 N–H and O–H groups in total. The number of aliphatic hydroxyl groups is 1. The van der Waals surface area contributed by atoms with E-state index in [-0.39, 0.29) is 26.4 Å². The molecular formula is C62H74O10S. The second-order valence-corrected chi connectivity index (χ2v) is 20.1. The quantitative estimate of drug-likeness (QED) is 0.0436. The first-order valence-electron chi connectivity index (χ1n) is 26.2. The molecule has 11 heteroatoms. The van der Waals surface area contributed by atoms with Crippen LogP contribution in [0.2, 0.25) is 0 Å². The van der Waals surface area contributed by atoms with Crippen molar-refractivity contribution in [2.45, 2.75) is 146 Å². The number of hydrogen-bond acceptors (Lipinski definition) is 11. The lowest BCUT2D eigenvalue weighted by molar-refractivity contribution is -0.336. The standard InChI is InChI=1S/C62H74O10S/c1-2-3-4-5-6-25-38-73-62-60(69-44-52-36-23-12-24-37-52)57(66-41-49-30-17-9-18-31-49)55(63)53(72-62)46-70-61-59(68-43-51-34-21-11-22-35-51)58(67-42-50-32-19-10-20-33-50)56(65-40-48-28-15-8-16-29-48)54(71-61)45-64-39-47-26-13-7-14-27-47/h7-24,26-37,53-63H,2-6,25,38-46H2,1H3/t53-,54-,55-,56-,57+,58+,59-,60-,61?,62-/m1/s1. The van der Waals surface area contributed by atoms with Crippen LogP contribution in [0.1, 0.15) is 78.8 Å². The van der Waals surface area contributed by atoms with Crippen molar-refractivity contribution in [1.29, 1.82) is 0 Å². The Balaban J connectivity index is 1.09. The van der Waals surface area contributed by atoms with Gasteiger partial charge in [0.25, 0.3) is 0 Å². The minimum atomic E-state index is -1.13. The summed E-state index contributed by atoms with van der Waals surface area (Å²) in [7, 11) is 0. The Morgan fingerprint density at radius 2 is 0.781 bits per heavy atom. The van der Waals surface area contributed by atoms with Gasteiger partial charge in [-0.15, -0.1) is 11.8 Å². The summed E-state index contributed by atoms with van der Waals surface area (Å²) in [4.78, 5) is 0. The van der Waals surface area contributed by atoms with Gasteiger partial charge < -0.3 is 47.7 Å². The highest BCUT2D eigenvalue weighted by Gasteiger charge is 2.51. The number of hydrogen-bond donors (Lipinski definition) is 1. The normalized spacial score (nSPS) is 24.1. The highest BCUT2D eigenvalue weighted by Crippen LogP contribution is 2.36. The Morgan fingerprint density at radius 1 is 0.384 bits per heavy atom. The maximum atomic E-state index is 12.5. The fourth-order valence-corrected chi connectivity index (χ4v) is 10.5. The zero-order chi connectivity index (χ0) is 50.1. The second-order valence-electron chi connectivity index (χ2n) is 18.9. The topological polar surface area (TPSA) is 103 Å². The summed E-state index contributed by atoms with van der Waals surface area (Å²) >= 11 is 1.72. The van der Waals surface area contributed by atoms with Crippen LogP contribution >= 0.6 is 11.8 Å². The Bertz CT molecular complexity index is 2350. The van der Waals surface area contributed by atoms with Crippen LogP contribution < -0.4 is 0 Å². The summed E-state index contributed by atoms with van der Waals surface area (Å²) in [6.07, 6.45) is 0.0434. The smallest absolute Gasteiger partial charge is 0.187 e.